The molecule has 2 aromatic carbocycles. The van der Waals surface area contributed by atoms with Crippen molar-refractivity contribution in [2.24, 2.45) is 0 Å². The average molecular weight is 415 g/mol. The quantitative estimate of drug-likeness (QED) is 0.747. The molecule has 1 N–H and O–H groups in total. The average Bonchev–Trinajstić information content (AvgIpc) is 2.58. The van der Waals surface area contributed by atoms with Crippen molar-refractivity contribution in [3.63, 3.8) is 0 Å². The Labute approximate surface area is 164 Å². The lowest BCUT2D eigenvalue weighted by atomic mass is 10.1. The topological polar surface area (TPSA) is 66.5 Å². The van der Waals surface area contributed by atoms with Gasteiger partial charge in [-0.3, -0.25) is 9.10 Å². The number of carbonyl (C=O) groups is 1. The number of amides is 1. The fourth-order valence-electron chi connectivity index (χ4n) is 2.60. The van der Waals surface area contributed by atoms with Gasteiger partial charge < -0.3 is 5.32 Å². The first kappa shape index (κ1) is 20.6. The number of hydrogen-bond donors (Lipinski definition) is 1. The van der Waals surface area contributed by atoms with E-state index in [1.807, 2.05) is 0 Å². The van der Waals surface area contributed by atoms with E-state index in [4.69, 9.17) is 23.2 Å². The van der Waals surface area contributed by atoms with E-state index in [2.05, 4.69) is 5.32 Å². The summed E-state index contributed by atoms with van der Waals surface area (Å²) in [5, 5.41) is 3.70. The summed E-state index contributed by atoms with van der Waals surface area (Å²) < 4.78 is 25.8. The van der Waals surface area contributed by atoms with E-state index in [0.717, 1.165) is 10.6 Å². The minimum atomic E-state index is -3.64. The predicted octanol–water partition coefficient (Wildman–Crippen LogP) is 3.85. The summed E-state index contributed by atoms with van der Waals surface area (Å²) in [6.45, 7) is 1.94. The maximum atomic E-state index is 12.7. The van der Waals surface area contributed by atoms with Crippen LogP contribution in [0.4, 0.5) is 5.69 Å². The molecule has 1 amide bonds. The number of para-hydroxylation sites is 1. The van der Waals surface area contributed by atoms with E-state index in [-0.39, 0.29) is 6.54 Å². The number of nitrogens with zero attached hydrogens (tertiary/aromatic N) is 1. The van der Waals surface area contributed by atoms with Gasteiger partial charge in [-0.05, 0) is 36.2 Å². The Morgan fingerprint density at radius 3 is 2.35 bits per heavy atom. The molecule has 0 saturated carbocycles. The number of sulfonamides is 1. The van der Waals surface area contributed by atoms with Crippen LogP contribution in [0.1, 0.15) is 18.9 Å². The Hall–Kier alpha value is -1.76. The van der Waals surface area contributed by atoms with Crippen LogP contribution >= 0.6 is 23.2 Å². The van der Waals surface area contributed by atoms with E-state index in [0.29, 0.717) is 27.7 Å². The van der Waals surface area contributed by atoms with Gasteiger partial charge in [0, 0.05) is 16.6 Å². The van der Waals surface area contributed by atoms with E-state index >= 15 is 0 Å². The third-order valence-electron chi connectivity index (χ3n) is 3.81. The van der Waals surface area contributed by atoms with Gasteiger partial charge in [-0.1, -0.05) is 54.4 Å². The Bertz CT molecular complexity index is 873. The molecular weight excluding hydrogens is 395 g/mol. The summed E-state index contributed by atoms with van der Waals surface area (Å²) in [6.07, 6.45) is 1.41. The van der Waals surface area contributed by atoms with Gasteiger partial charge in [-0.15, -0.1) is 0 Å². The van der Waals surface area contributed by atoms with E-state index in [1.165, 1.54) is 0 Å². The SMILES string of the molecule is CC[C@@H](C(=O)NCc1ccc(Cl)cc1Cl)N(c1ccccc1)S(C)(=O)=O. The van der Waals surface area contributed by atoms with Gasteiger partial charge in [0.1, 0.15) is 6.04 Å². The Balaban J connectivity index is 2.22. The molecule has 0 aromatic heterocycles. The van der Waals surface area contributed by atoms with Gasteiger partial charge in [0.2, 0.25) is 15.9 Å². The molecule has 0 spiro atoms. The molecule has 0 unspecified atom stereocenters. The third-order valence-corrected chi connectivity index (χ3v) is 5.58. The summed E-state index contributed by atoms with van der Waals surface area (Å²) in [5.41, 5.74) is 1.14. The van der Waals surface area contributed by atoms with E-state index in [1.54, 1.807) is 55.5 Å². The van der Waals surface area contributed by atoms with Crippen molar-refractivity contribution < 1.29 is 13.2 Å². The van der Waals surface area contributed by atoms with E-state index in [9.17, 15) is 13.2 Å². The third kappa shape index (κ3) is 5.13. The van der Waals surface area contributed by atoms with Crippen molar-refractivity contribution in [2.45, 2.75) is 25.9 Å². The summed E-state index contributed by atoms with van der Waals surface area (Å²) >= 11 is 12.0. The summed E-state index contributed by atoms with van der Waals surface area (Å²) in [6, 6.07) is 12.7. The predicted molar refractivity (Wildman–Crippen MR) is 106 cm³/mol. The highest BCUT2D eigenvalue weighted by Crippen LogP contribution is 2.23. The second kappa shape index (κ2) is 8.75. The highest BCUT2D eigenvalue weighted by Gasteiger charge is 2.31. The van der Waals surface area contributed by atoms with Gasteiger partial charge in [0.05, 0.1) is 11.9 Å². The zero-order valence-electron chi connectivity index (χ0n) is 14.4. The van der Waals surface area contributed by atoms with Gasteiger partial charge in [0.15, 0.2) is 0 Å². The molecule has 2 rings (SSSR count). The number of nitrogens with one attached hydrogen (secondary N) is 1. The first-order valence-electron chi connectivity index (χ1n) is 8.00. The number of benzene rings is 2. The fourth-order valence-corrected chi connectivity index (χ4v) is 4.29. The van der Waals surface area contributed by atoms with E-state index < -0.39 is 22.0 Å². The van der Waals surface area contributed by atoms with Crippen molar-refractivity contribution >= 4 is 44.8 Å². The second-order valence-corrected chi connectivity index (χ2v) is 8.48. The molecule has 8 heteroatoms. The minimum absolute atomic E-state index is 0.178. The number of halogens is 2. The summed E-state index contributed by atoms with van der Waals surface area (Å²) in [4.78, 5) is 12.7. The zero-order valence-corrected chi connectivity index (χ0v) is 16.8. The molecule has 0 saturated heterocycles. The molecule has 0 heterocycles. The molecule has 0 bridgehead atoms. The van der Waals surface area contributed by atoms with Crippen molar-refractivity contribution in [3.05, 3.63) is 64.1 Å². The first-order valence-corrected chi connectivity index (χ1v) is 10.6. The molecule has 2 aromatic rings. The lowest BCUT2D eigenvalue weighted by Gasteiger charge is -2.30. The number of anilines is 1. The Kier molecular flexibility index (Phi) is 6.92. The van der Waals surface area contributed by atoms with Crippen molar-refractivity contribution in [1.29, 1.82) is 0 Å². The van der Waals surface area contributed by atoms with Crippen LogP contribution in [0.25, 0.3) is 0 Å². The molecule has 0 aliphatic rings. The van der Waals surface area contributed by atoms with Crippen molar-refractivity contribution in [1.82, 2.24) is 5.32 Å². The molecular formula is C18H20Cl2N2O3S. The maximum Gasteiger partial charge on any atom is 0.244 e. The zero-order chi connectivity index (χ0) is 19.3. The highest BCUT2D eigenvalue weighted by atomic mass is 35.5. The van der Waals surface area contributed by atoms with Crippen LogP contribution in [-0.2, 0) is 21.4 Å². The van der Waals surface area contributed by atoms with Crippen molar-refractivity contribution in [3.8, 4) is 0 Å². The number of carbonyl (C=O) groups excluding carboxylic acids is 1. The Morgan fingerprint density at radius 1 is 1.15 bits per heavy atom. The van der Waals surface area contributed by atoms with Crippen LogP contribution in [0.5, 0.6) is 0 Å². The minimum Gasteiger partial charge on any atom is -0.350 e. The fraction of sp³-hybridized carbons (Fsp3) is 0.278. The lowest BCUT2D eigenvalue weighted by molar-refractivity contribution is -0.122. The van der Waals surface area contributed by atoms with Gasteiger partial charge in [-0.25, -0.2) is 8.42 Å². The van der Waals surface area contributed by atoms with Gasteiger partial charge in [0.25, 0.3) is 0 Å². The molecule has 26 heavy (non-hydrogen) atoms. The molecule has 0 fully saturated rings. The van der Waals surface area contributed by atoms with Crippen LogP contribution in [0.15, 0.2) is 48.5 Å². The maximum absolute atomic E-state index is 12.7. The van der Waals surface area contributed by atoms with Gasteiger partial charge >= 0.3 is 0 Å². The molecule has 0 aliphatic heterocycles. The summed E-state index contributed by atoms with van der Waals surface area (Å²) in [5.74, 6) is -0.396. The van der Waals surface area contributed by atoms with Crippen LogP contribution in [0, 0.1) is 0 Å². The highest BCUT2D eigenvalue weighted by molar-refractivity contribution is 7.92. The lowest BCUT2D eigenvalue weighted by Crippen LogP contribution is -2.49. The standard InChI is InChI=1S/C18H20Cl2N2O3S/c1-3-17(22(26(2,24)25)15-7-5-4-6-8-15)18(23)21-12-13-9-10-14(19)11-16(13)20/h4-11,17H,3,12H2,1-2H3,(H,21,23)/t17-/m0/s1. The Morgan fingerprint density at radius 2 is 1.81 bits per heavy atom. The van der Waals surface area contributed by atoms with Crippen LogP contribution in [0.3, 0.4) is 0 Å². The second-order valence-electron chi connectivity index (χ2n) is 5.77. The summed E-state index contributed by atoms with van der Waals surface area (Å²) in [7, 11) is -3.64. The van der Waals surface area contributed by atoms with Crippen molar-refractivity contribution in [2.75, 3.05) is 10.6 Å². The molecule has 1 atom stereocenters. The normalized spacial score (nSPS) is 12.5. The molecule has 140 valence electrons. The first-order chi connectivity index (χ1) is 12.2. The van der Waals surface area contributed by atoms with Crippen LogP contribution in [-0.4, -0.2) is 26.6 Å². The largest absolute Gasteiger partial charge is 0.350 e. The molecule has 5 nitrogen and oxygen atoms in total. The van der Waals surface area contributed by atoms with Gasteiger partial charge in [-0.2, -0.15) is 0 Å². The smallest absolute Gasteiger partial charge is 0.244 e. The molecule has 0 radical (unpaired) electrons. The number of hydrogen-bond acceptors (Lipinski definition) is 3. The van der Waals surface area contributed by atoms with Crippen LogP contribution < -0.4 is 9.62 Å². The molecule has 0 aliphatic carbocycles. The number of rotatable bonds is 7. The van der Waals surface area contributed by atoms with Crippen LogP contribution in [0.2, 0.25) is 10.0 Å². The monoisotopic (exact) mass is 414 g/mol.